The van der Waals surface area contributed by atoms with Crippen LogP contribution in [0.3, 0.4) is 0 Å². The van der Waals surface area contributed by atoms with Gasteiger partial charge in [-0.1, -0.05) is 24.3 Å². The number of nitrogens with one attached hydrogen (secondary N) is 2. The van der Waals surface area contributed by atoms with Gasteiger partial charge in [-0.2, -0.15) is 0 Å². The van der Waals surface area contributed by atoms with Crippen LogP contribution >= 0.6 is 0 Å². The molecule has 0 atom stereocenters. The first-order valence-electron chi connectivity index (χ1n) is 8.29. The minimum absolute atomic E-state index is 0.0594. The number of aryl methyl sites for hydroxylation is 1. The summed E-state index contributed by atoms with van der Waals surface area (Å²) in [4.78, 5) is 16.1. The number of benzene rings is 2. The summed E-state index contributed by atoms with van der Waals surface area (Å²) >= 11 is 0. The van der Waals surface area contributed by atoms with Gasteiger partial charge in [-0.3, -0.25) is 9.52 Å². The molecule has 3 aromatic rings. The molecule has 0 aliphatic carbocycles. The second-order valence-electron chi connectivity index (χ2n) is 5.97. The number of sulfonamides is 1. The van der Waals surface area contributed by atoms with E-state index in [4.69, 9.17) is 0 Å². The smallest absolute Gasteiger partial charge is 0.265 e. The van der Waals surface area contributed by atoms with E-state index in [-0.39, 0.29) is 17.3 Å². The lowest BCUT2D eigenvalue weighted by Gasteiger charge is -2.12. The number of fused-ring (bicyclic) bond motifs is 1. The molecule has 0 spiro atoms. The number of hydrogen-bond acceptors (Lipinski definition) is 4. The molecular weight excluding hydrogens is 369 g/mol. The molecule has 0 saturated heterocycles. The van der Waals surface area contributed by atoms with Crippen LogP contribution in [0.15, 0.2) is 53.4 Å². The Morgan fingerprint density at radius 3 is 2.63 bits per heavy atom. The van der Waals surface area contributed by atoms with Crippen LogP contribution < -0.4 is 10.0 Å². The summed E-state index contributed by atoms with van der Waals surface area (Å²) in [6.45, 7) is 3.87. The fraction of sp³-hybridized carbons (Fsp3) is 0.158. The van der Waals surface area contributed by atoms with Crippen molar-refractivity contribution in [2.24, 2.45) is 0 Å². The van der Waals surface area contributed by atoms with Crippen LogP contribution in [0.25, 0.3) is 10.9 Å². The summed E-state index contributed by atoms with van der Waals surface area (Å²) in [5.41, 5.74) is 1.33. The highest BCUT2D eigenvalue weighted by Gasteiger charge is 2.21. The van der Waals surface area contributed by atoms with E-state index in [2.05, 4.69) is 15.0 Å². The van der Waals surface area contributed by atoms with Crippen molar-refractivity contribution < 1.29 is 17.6 Å². The Morgan fingerprint density at radius 2 is 1.89 bits per heavy atom. The van der Waals surface area contributed by atoms with Crippen LogP contribution in [0.1, 0.15) is 22.8 Å². The zero-order valence-corrected chi connectivity index (χ0v) is 15.6. The van der Waals surface area contributed by atoms with Crippen molar-refractivity contribution in [2.45, 2.75) is 18.7 Å². The van der Waals surface area contributed by atoms with Crippen LogP contribution in [-0.4, -0.2) is 25.9 Å². The van der Waals surface area contributed by atoms with Crippen LogP contribution in [0.4, 0.5) is 10.2 Å². The highest BCUT2D eigenvalue weighted by atomic mass is 32.2. The maximum atomic E-state index is 14.0. The maximum Gasteiger partial charge on any atom is 0.265 e. The Morgan fingerprint density at radius 1 is 1.15 bits per heavy atom. The fourth-order valence-corrected chi connectivity index (χ4v) is 3.84. The zero-order valence-electron chi connectivity index (χ0n) is 14.8. The summed E-state index contributed by atoms with van der Waals surface area (Å²) in [5, 5.41) is 3.28. The van der Waals surface area contributed by atoms with E-state index in [0.717, 1.165) is 6.07 Å². The number of para-hydroxylation sites is 1. The van der Waals surface area contributed by atoms with E-state index in [1.54, 1.807) is 38.1 Å². The number of nitrogens with zero attached hydrogens (tertiary/aromatic N) is 1. The molecule has 0 unspecified atom stereocenters. The number of hydrogen-bond donors (Lipinski definition) is 2. The largest absolute Gasteiger partial charge is 0.352 e. The first kappa shape index (κ1) is 18.8. The maximum absolute atomic E-state index is 14.0. The molecule has 0 aliphatic heterocycles. The molecule has 6 nitrogen and oxygen atoms in total. The third-order valence-electron chi connectivity index (χ3n) is 3.91. The molecule has 1 aromatic heterocycles. The number of halogens is 1. The van der Waals surface area contributed by atoms with Crippen LogP contribution in [0.2, 0.25) is 0 Å². The Kier molecular flexibility index (Phi) is 5.09. The number of pyridine rings is 1. The Labute approximate surface area is 156 Å². The van der Waals surface area contributed by atoms with Crippen LogP contribution in [0.5, 0.6) is 0 Å². The normalized spacial score (nSPS) is 11.4. The molecule has 1 heterocycles. The van der Waals surface area contributed by atoms with E-state index in [9.17, 15) is 17.6 Å². The van der Waals surface area contributed by atoms with Crippen molar-refractivity contribution in [1.82, 2.24) is 10.3 Å². The Bertz CT molecular complexity index is 1130. The van der Waals surface area contributed by atoms with Gasteiger partial charge < -0.3 is 5.32 Å². The van der Waals surface area contributed by atoms with Gasteiger partial charge in [0.15, 0.2) is 0 Å². The molecule has 8 heteroatoms. The van der Waals surface area contributed by atoms with Gasteiger partial charge in [0.2, 0.25) is 0 Å². The van der Waals surface area contributed by atoms with E-state index in [1.165, 1.54) is 18.2 Å². The zero-order chi connectivity index (χ0) is 19.6. The number of carbonyl (C=O) groups is 1. The average Bonchev–Trinajstić information content (AvgIpc) is 2.62. The third kappa shape index (κ3) is 3.90. The lowest BCUT2D eigenvalue weighted by Crippen LogP contribution is -2.23. The lowest BCUT2D eigenvalue weighted by atomic mass is 10.1. The topological polar surface area (TPSA) is 88.2 Å². The second kappa shape index (κ2) is 7.32. The monoisotopic (exact) mass is 387 g/mol. The predicted molar refractivity (Wildman–Crippen MR) is 102 cm³/mol. The lowest BCUT2D eigenvalue weighted by molar-refractivity contribution is 0.0957. The highest BCUT2D eigenvalue weighted by molar-refractivity contribution is 7.92. The molecule has 0 aliphatic rings. The standard InChI is InChI=1S/C19H18FN3O3S/c1-3-21-19(24)14-11-18(22-16-7-5-4-6-13(14)16)23-27(25,26)17-10-12(2)8-9-15(17)20/h4-11H,3H2,1-2H3,(H,21,24)(H,22,23). The molecule has 0 saturated carbocycles. The van der Waals surface area contributed by atoms with E-state index < -0.39 is 20.7 Å². The molecule has 1 amide bonds. The molecule has 3 rings (SSSR count). The number of aromatic nitrogens is 1. The van der Waals surface area contributed by atoms with E-state index in [0.29, 0.717) is 23.0 Å². The van der Waals surface area contributed by atoms with Crippen molar-refractivity contribution in [3.8, 4) is 0 Å². The quantitative estimate of drug-likeness (QED) is 0.704. The summed E-state index contributed by atoms with van der Waals surface area (Å²) < 4.78 is 41.6. The first-order valence-corrected chi connectivity index (χ1v) is 9.77. The summed E-state index contributed by atoms with van der Waals surface area (Å²) in [7, 11) is -4.21. The van der Waals surface area contributed by atoms with Gasteiger partial charge in [0.25, 0.3) is 15.9 Å². The molecule has 2 aromatic carbocycles. The number of rotatable bonds is 5. The molecular formula is C19H18FN3O3S. The Balaban J connectivity index is 2.09. The van der Waals surface area contributed by atoms with Gasteiger partial charge in [0.1, 0.15) is 16.5 Å². The van der Waals surface area contributed by atoms with Crippen molar-refractivity contribution in [1.29, 1.82) is 0 Å². The average molecular weight is 387 g/mol. The van der Waals surface area contributed by atoms with Crippen molar-refractivity contribution in [3.63, 3.8) is 0 Å². The first-order chi connectivity index (χ1) is 12.8. The van der Waals surface area contributed by atoms with Crippen LogP contribution in [-0.2, 0) is 10.0 Å². The third-order valence-corrected chi connectivity index (χ3v) is 5.28. The van der Waals surface area contributed by atoms with Crippen molar-refractivity contribution in [3.05, 3.63) is 65.5 Å². The van der Waals surface area contributed by atoms with Gasteiger partial charge in [-0.15, -0.1) is 0 Å². The Hall–Kier alpha value is -3.00. The van der Waals surface area contributed by atoms with Crippen LogP contribution in [0, 0.1) is 12.7 Å². The summed E-state index contributed by atoms with van der Waals surface area (Å²) in [6, 6.07) is 12.1. The fourth-order valence-electron chi connectivity index (χ4n) is 2.68. The van der Waals surface area contributed by atoms with Gasteiger partial charge in [0.05, 0.1) is 11.1 Å². The highest BCUT2D eigenvalue weighted by Crippen LogP contribution is 2.24. The molecule has 140 valence electrons. The van der Waals surface area contributed by atoms with Crippen molar-refractivity contribution >= 4 is 32.7 Å². The van der Waals surface area contributed by atoms with E-state index >= 15 is 0 Å². The minimum Gasteiger partial charge on any atom is -0.352 e. The predicted octanol–water partition coefficient (Wildman–Crippen LogP) is 3.23. The van der Waals surface area contributed by atoms with Crippen molar-refractivity contribution in [2.75, 3.05) is 11.3 Å². The van der Waals surface area contributed by atoms with Gasteiger partial charge in [0, 0.05) is 11.9 Å². The number of carbonyl (C=O) groups excluding carboxylic acids is 1. The minimum atomic E-state index is -4.21. The second-order valence-corrected chi connectivity index (χ2v) is 7.62. The molecule has 0 fully saturated rings. The molecule has 0 bridgehead atoms. The van der Waals surface area contributed by atoms with Gasteiger partial charge >= 0.3 is 0 Å². The van der Waals surface area contributed by atoms with Gasteiger partial charge in [-0.05, 0) is 43.7 Å². The van der Waals surface area contributed by atoms with Gasteiger partial charge in [-0.25, -0.2) is 17.8 Å². The molecule has 0 radical (unpaired) electrons. The molecule has 27 heavy (non-hydrogen) atoms. The number of amides is 1. The summed E-state index contributed by atoms with van der Waals surface area (Å²) in [5.74, 6) is -1.27. The SMILES string of the molecule is CCNC(=O)c1cc(NS(=O)(=O)c2cc(C)ccc2F)nc2ccccc12. The summed E-state index contributed by atoms with van der Waals surface area (Å²) in [6.07, 6.45) is 0. The molecule has 2 N–H and O–H groups in total. The van der Waals surface area contributed by atoms with E-state index in [1.807, 2.05) is 0 Å². The number of anilines is 1.